The number of hydrogen-bond donors (Lipinski definition) is 0. The predicted molar refractivity (Wildman–Crippen MR) is 107 cm³/mol. The van der Waals surface area contributed by atoms with Crippen LogP contribution in [0.4, 0.5) is 5.69 Å². The summed E-state index contributed by atoms with van der Waals surface area (Å²) in [4.78, 5) is 14.3. The van der Waals surface area contributed by atoms with Crippen molar-refractivity contribution in [3.05, 3.63) is 63.1 Å². The number of carbonyl (C=O) groups excluding carboxylic acids is 1. The van der Waals surface area contributed by atoms with Crippen molar-refractivity contribution >= 4 is 62.3 Å². The first-order valence-electron chi connectivity index (χ1n) is 7.45. The molecule has 0 saturated heterocycles. The third-order valence-electron chi connectivity index (χ3n) is 3.88. The van der Waals surface area contributed by atoms with Crippen LogP contribution in [0.15, 0.2) is 42.5 Å². The number of halogens is 4. The lowest BCUT2D eigenvalue weighted by atomic mass is 9.92. The van der Waals surface area contributed by atoms with Crippen LogP contribution in [-0.2, 0) is 4.79 Å². The Hall–Kier alpha value is -0.740. The minimum absolute atomic E-state index is 0.0364. The Kier molecular flexibility index (Phi) is 7.42. The highest BCUT2D eigenvalue weighted by Gasteiger charge is 2.20. The molecule has 0 aliphatic heterocycles. The summed E-state index contributed by atoms with van der Waals surface area (Å²) in [5.74, 6) is 0.107. The molecule has 0 heterocycles. The summed E-state index contributed by atoms with van der Waals surface area (Å²) in [6.45, 7) is 0. The van der Waals surface area contributed by atoms with Crippen LogP contribution in [0.1, 0.15) is 24.3 Å². The van der Waals surface area contributed by atoms with Gasteiger partial charge < -0.3 is 4.90 Å². The normalized spacial score (nSPS) is 12.0. The number of hydrogen-bond acceptors (Lipinski definition) is 1. The molecule has 0 aliphatic rings. The molecule has 0 aliphatic carbocycles. The largest absolute Gasteiger partial charge is 0.315 e. The van der Waals surface area contributed by atoms with Crippen molar-refractivity contribution < 1.29 is 4.79 Å². The van der Waals surface area contributed by atoms with Crippen LogP contribution in [0, 0.1) is 0 Å². The number of carbonyl (C=O) groups is 1. The molecule has 128 valence electrons. The van der Waals surface area contributed by atoms with Crippen LogP contribution < -0.4 is 4.90 Å². The van der Waals surface area contributed by atoms with Gasteiger partial charge in [0.2, 0.25) is 5.91 Å². The van der Waals surface area contributed by atoms with E-state index >= 15 is 0 Å². The molecule has 1 unspecified atom stereocenters. The Morgan fingerprint density at radius 1 is 1.08 bits per heavy atom. The molecule has 0 saturated carbocycles. The number of amides is 1. The fourth-order valence-electron chi connectivity index (χ4n) is 2.44. The van der Waals surface area contributed by atoms with Crippen LogP contribution in [-0.4, -0.2) is 18.3 Å². The van der Waals surface area contributed by atoms with Crippen molar-refractivity contribution in [1.29, 1.82) is 0 Å². The maximum atomic E-state index is 12.7. The Morgan fingerprint density at radius 3 is 2.33 bits per heavy atom. The highest BCUT2D eigenvalue weighted by Crippen LogP contribution is 2.31. The van der Waals surface area contributed by atoms with E-state index in [4.69, 9.17) is 34.8 Å². The fraction of sp³-hybridized carbons (Fsp3) is 0.278. The van der Waals surface area contributed by atoms with Gasteiger partial charge in [-0.3, -0.25) is 4.79 Å². The molecule has 0 fully saturated rings. The van der Waals surface area contributed by atoms with E-state index < -0.39 is 0 Å². The van der Waals surface area contributed by atoms with Crippen LogP contribution in [0.5, 0.6) is 0 Å². The predicted octanol–water partition coefficient (Wildman–Crippen LogP) is 6.57. The van der Waals surface area contributed by atoms with E-state index in [1.54, 1.807) is 30.1 Å². The first-order valence-corrected chi connectivity index (χ1v) is 9.71. The van der Waals surface area contributed by atoms with E-state index in [0.717, 1.165) is 23.0 Å². The SMILES string of the molecule is CN(C(=O)CC(CCBr)c1ccc(Cl)c(Cl)c1)c1ccc(Cl)cc1. The van der Waals surface area contributed by atoms with E-state index in [1.807, 2.05) is 24.3 Å². The van der Waals surface area contributed by atoms with Gasteiger partial charge in [-0.1, -0.05) is 56.8 Å². The maximum absolute atomic E-state index is 12.7. The smallest absolute Gasteiger partial charge is 0.227 e. The lowest BCUT2D eigenvalue weighted by molar-refractivity contribution is -0.118. The number of benzene rings is 2. The molecule has 0 N–H and O–H groups in total. The third kappa shape index (κ3) is 5.13. The Morgan fingerprint density at radius 2 is 1.75 bits per heavy atom. The molecular formula is C18H17BrCl3NO. The van der Waals surface area contributed by atoms with E-state index in [1.165, 1.54) is 0 Å². The van der Waals surface area contributed by atoms with Gasteiger partial charge in [-0.05, 0) is 54.3 Å². The number of rotatable bonds is 6. The molecule has 0 aromatic heterocycles. The van der Waals surface area contributed by atoms with Crippen LogP contribution in [0.25, 0.3) is 0 Å². The summed E-state index contributed by atoms with van der Waals surface area (Å²) >= 11 is 21.5. The fourth-order valence-corrected chi connectivity index (χ4v) is 3.43. The van der Waals surface area contributed by atoms with Crippen molar-refractivity contribution in [3.63, 3.8) is 0 Å². The van der Waals surface area contributed by atoms with Crippen molar-refractivity contribution in [2.75, 3.05) is 17.3 Å². The van der Waals surface area contributed by atoms with Crippen LogP contribution in [0.2, 0.25) is 15.1 Å². The second-order valence-corrected chi connectivity index (χ2v) is 7.53. The minimum atomic E-state index is 0.0364. The van der Waals surface area contributed by atoms with Gasteiger partial charge in [0, 0.05) is 29.5 Å². The lowest BCUT2D eigenvalue weighted by Crippen LogP contribution is -2.27. The van der Waals surface area contributed by atoms with Gasteiger partial charge >= 0.3 is 0 Å². The Bertz CT molecular complexity index is 706. The highest BCUT2D eigenvalue weighted by molar-refractivity contribution is 9.09. The van der Waals surface area contributed by atoms with Crippen molar-refractivity contribution in [3.8, 4) is 0 Å². The van der Waals surface area contributed by atoms with E-state index in [2.05, 4.69) is 15.9 Å². The molecule has 0 bridgehead atoms. The molecule has 2 aromatic carbocycles. The summed E-state index contributed by atoms with van der Waals surface area (Å²) in [6, 6.07) is 12.8. The second-order valence-electron chi connectivity index (χ2n) is 5.48. The molecule has 0 spiro atoms. The van der Waals surface area contributed by atoms with Crippen molar-refractivity contribution in [2.45, 2.75) is 18.8 Å². The first kappa shape index (κ1) is 19.6. The zero-order valence-electron chi connectivity index (χ0n) is 13.1. The monoisotopic (exact) mass is 447 g/mol. The highest BCUT2D eigenvalue weighted by atomic mass is 79.9. The Balaban J connectivity index is 2.15. The first-order chi connectivity index (χ1) is 11.4. The zero-order chi connectivity index (χ0) is 17.7. The quantitative estimate of drug-likeness (QED) is 0.457. The standard InChI is InChI=1S/C18H17BrCl3NO/c1-23(15-5-3-14(20)4-6-15)18(24)11-13(8-9-19)12-2-7-16(21)17(22)10-12/h2-7,10,13H,8-9,11H2,1H3. The third-order valence-corrected chi connectivity index (χ3v) is 5.33. The lowest BCUT2D eigenvalue weighted by Gasteiger charge is -2.22. The summed E-state index contributed by atoms with van der Waals surface area (Å²) < 4.78 is 0. The summed E-state index contributed by atoms with van der Waals surface area (Å²) in [7, 11) is 1.77. The number of nitrogens with zero attached hydrogens (tertiary/aromatic N) is 1. The van der Waals surface area contributed by atoms with Gasteiger partial charge in [0.25, 0.3) is 0 Å². The van der Waals surface area contributed by atoms with Gasteiger partial charge in [-0.15, -0.1) is 0 Å². The van der Waals surface area contributed by atoms with E-state index in [0.29, 0.717) is 21.5 Å². The molecule has 2 rings (SSSR count). The summed E-state index contributed by atoms with van der Waals surface area (Å²) in [6.07, 6.45) is 1.22. The molecule has 1 amide bonds. The second kappa shape index (κ2) is 9.10. The number of alkyl halides is 1. The average molecular weight is 450 g/mol. The Labute approximate surface area is 165 Å². The zero-order valence-corrected chi connectivity index (χ0v) is 17.0. The van der Waals surface area contributed by atoms with Gasteiger partial charge in [-0.2, -0.15) is 0 Å². The molecular weight excluding hydrogens is 432 g/mol. The maximum Gasteiger partial charge on any atom is 0.227 e. The van der Waals surface area contributed by atoms with Crippen LogP contribution in [0.3, 0.4) is 0 Å². The molecule has 24 heavy (non-hydrogen) atoms. The van der Waals surface area contributed by atoms with E-state index in [9.17, 15) is 4.79 Å². The molecule has 2 aromatic rings. The van der Waals surface area contributed by atoms with Crippen LogP contribution >= 0.6 is 50.7 Å². The average Bonchev–Trinajstić information content (AvgIpc) is 2.57. The van der Waals surface area contributed by atoms with Gasteiger partial charge in [0.15, 0.2) is 0 Å². The van der Waals surface area contributed by atoms with Gasteiger partial charge in [0.05, 0.1) is 10.0 Å². The minimum Gasteiger partial charge on any atom is -0.315 e. The van der Waals surface area contributed by atoms with Gasteiger partial charge in [-0.25, -0.2) is 0 Å². The van der Waals surface area contributed by atoms with Crippen molar-refractivity contribution in [1.82, 2.24) is 0 Å². The van der Waals surface area contributed by atoms with Gasteiger partial charge in [0.1, 0.15) is 0 Å². The number of anilines is 1. The summed E-state index contributed by atoms with van der Waals surface area (Å²) in [5, 5.41) is 2.47. The van der Waals surface area contributed by atoms with Crippen molar-refractivity contribution in [2.24, 2.45) is 0 Å². The molecule has 1 atom stereocenters. The van der Waals surface area contributed by atoms with E-state index in [-0.39, 0.29) is 11.8 Å². The molecule has 6 heteroatoms. The topological polar surface area (TPSA) is 20.3 Å². The summed E-state index contributed by atoms with van der Waals surface area (Å²) in [5.41, 5.74) is 1.83. The molecule has 2 nitrogen and oxygen atoms in total. The molecule has 0 radical (unpaired) electrons.